The number of carbonyl (C=O) groups is 2. The molecule has 2 aromatic carbocycles. The quantitative estimate of drug-likeness (QED) is 0.688. The molecule has 0 saturated heterocycles. The number of amides is 1. The van der Waals surface area contributed by atoms with Crippen LogP contribution in [0.25, 0.3) is 0 Å². The molecule has 1 atom stereocenters. The Balaban J connectivity index is 1.82. The van der Waals surface area contributed by atoms with Gasteiger partial charge in [0.15, 0.2) is 6.61 Å². The fraction of sp³-hybridized carbons (Fsp3) is 0.286. The highest BCUT2D eigenvalue weighted by Crippen LogP contribution is 2.33. The fourth-order valence-electron chi connectivity index (χ4n) is 3.00. The molecule has 0 radical (unpaired) electrons. The van der Waals surface area contributed by atoms with Gasteiger partial charge in [-0.2, -0.15) is 5.10 Å². The average Bonchev–Trinajstić information content (AvgIpc) is 3.18. The predicted octanol–water partition coefficient (Wildman–Crippen LogP) is 2.56. The maximum atomic E-state index is 12.7. The van der Waals surface area contributed by atoms with Crippen LogP contribution in [0.4, 0.5) is 0 Å². The Morgan fingerprint density at radius 1 is 1.04 bits per heavy atom. The zero-order chi connectivity index (χ0) is 19.9. The zero-order valence-corrected chi connectivity index (χ0v) is 15.8. The Kier molecular flexibility index (Phi) is 6.39. The van der Waals surface area contributed by atoms with Gasteiger partial charge in [-0.25, -0.2) is 9.80 Å². The van der Waals surface area contributed by atoms with Crippen LogP contribution in [-0.4, -0.2) is 50.0 Å². The van der Waals surface area contributed by atoms with Crippen LogP contribution in [0.1, 0.15) is 23.6 Å². The number of carbonyl (C=O) groups excluding carboxylic acids is 2. The molecule has 3 rings (SSSR count). The molecule has 28 heavy (non-hydrogen) atoms. The SMILES string of the molecule is COCC(=O)OCC(=O)N1N=C(c2ccccc2)CC1c1ccc(OC)cc1. The molecule has 2 aromatic rings. The van der Waals surface area contributed by atoms with Gasteiger partial charge in [0.1, 0.15) is 12.4 Å². The molecule has 0 aliphatic carbocycles. The number of nitrogens with zero attached hydrogens (tertiary/aromatic N) is 2. The summed E-state index contributed by atoms with van der Waals surface area (Å²) in [5.74, 6) is -0.253. The number of benzene rings is 2. The molecular weight excluding hydrogens is 360 g/mol. The number of ether oxygens (including phenoxy) is 3. The van der Waals surface area contributed by atoms with Gasteiger partial charge in [0.05, 0.1) is 18.9 Å². The van der Waals surface area contributed by atoms with E-state index in [1.807, 2.05) is 54.6 Å². The van der Waals surface area contributed by atoms with E-state index in [9.17, 15) is 9.59 Å². The second-order valence-corrected chi connectivity index (χ2v) is 6.24. The van der Waals surface area contributed by atoms with Crippen molar-refractivity contribution >= 4 is 17.6 Å². The molecule has 0 aromatic heterocycles. The van der Waals surface area contributed by atoms with Crippen LogP contribution in [0.5, 0.6) is 5.75 Å². The van der Waals surface area contributed by atoms with E-state index < -0.39 is 11.9 Å². The lowest BCUT2D eigenvalue weighted by Crippen LogP contribution is -2.31. The molecule has 7 nitrogen and oxygen atoms in total. The Morgan fingerprint density at radius 3 is 2.39 bits per heavy atom. The summed E-state index contributed by atoms with van der Waals surface area (Å²) in [6, 6.07) is 16.9. The molecule has 0 spiro atoms. The van der Waals surface area contributed by atoms with Crippen molar-refractivity contribution in [1.29, 1.82) is 0 Å². The molecule has 1 heterocycles. The van der Waals surface area contributed by atoms with Crippen LogP contribution in [0.2, 0.25) is 0 Å². The number of rotatable bonds is 7. The fourth-order valence-corrected chi connectivity index (χ4v) is 3.00. The van der Waals surface area contributed by atoms with Gasteiger partial charge in [-0.05, 0) is 23.3 Å². The van der Waals surface area contributed by atoms with Crippen molar-refractivity contribution in [3.8, 4) is 5.75 Å². The van der Waals surface area contributed by atoms with Crippen LogP contribution < -0.4 is 4.74 Å². The Bertz CT molecular complexity index is 849. The first-order valence-corrected chi connectivity index (χ1v) is 8.86. The van der Waals surface area contributed by atoms with Crippen molar-refractivity contribution in [2.45, 2.75) is 12.5 Å². The summed E-state index contributed by atoms with van der Waals surface area (Å²) in [4.78, 5) is 24.2. The van der Waals surface area contributed by atoms with Gasteiger partial charge < -0.3 is 14.2 Å². The first-order chi connectivity index (χ1) is 13.6. The maximum absolute atomic E-state index is 12.7. The summed E-state index contributed by atoms with van der Waals surface area (Å²) in [6.07, 6.45) is 0.564. The minimum atomic E-state index is -0.594. The molecule has 1 aliphatic heterocycles. The zero-order valence-electron chi connectivity index (χ0n) is 15.8. The Labute approximate surface area is 163 Å². The summed E-state index contributed by atoms with van der Waals surface area (Å²) < 4.78 is 14.9. The van der Waals surface area contributed by atoms with E-state index in [0.29, 0.717) is 6.42 Å². The van der Waals surface area contributed by atoms with Crippen LogP contribution >= 0.6 is 0 Å². The number of hydrogen-bond acceptors (Lipinski definition) is 6. The number of esters is 1. The lowest BCUT2D eigenvalue weighted by molar-refractivity contribution is -0.155. The van der Waals surface area contributed by atoms with E-state index in [-0.39, 0.29) is 19.3 Å². The van der Waals surface area contributed by atoms with Crippen LogP contribution in [0.15, 0.2) is 59.7 Å². The van der Waals surface area contributed by atoms with Gasteiger partial charge >= 0.3 is 5.97 Å². The Hall–Kier alpha value is -3.19. The third-order valence-corrected chi connectivity index (χ3v) is 4.39. The topological polar surface area (TPSA) is 77.4 Å². The average molecular weight is 382 g/mol. The third kappa shape index (κ3) is 4.55. The smallest absolute Gasteiger partial charge is 0.332 e. The van der Waals surface area contributed by atoms with E-state index in [1.54, 1.807) is 7.11 Å². The molecule has 1 amide bonds. The van der Waals surface area contributed by atoms with Crippen molar-refractivity contribution in [2.75, 3.05) is 27.4 Å². The van der Waals surface area contributed by atoms with E-state index in [2.05, 4.69) is 5.10 Å². The van der Waals surface area contributed by atoms with Crippen LogP contribution in [-0.2, 0) is 19.1 Å². The molecular formula is C21H22N2O5. The first-order valence-electron chi connectivity index (χ1n) is 8.86. The van der Waals surface area contributed by atoms with Crippen molar-refractivity contribution in [2.24, 2.45) is 5.10 Å². The highest BCUT2D eigenvalue weighted by molar-refractivity contribution is 6.03. The number of hydrazone groups is 1. The van der Waals surface area contributed by atoms with Gasteiger partial charge in [0.2, 0.25) is 0 Å². The summed E-state index contributed by atoms with van der Waals surface area (Å²) >= 11 is 0. The van der Waals surface area contributed by atoms with Crippen molar-refractivity contribution in [3.63, 3.8) is 0 Å². The van der Waals surface area contributed by atoms with E-state index in [4.69, 9.17) is 14.2 Å². The monoisotopic (exact) mass is 382 g/mol. The summed E-state index contributed by atoms with van der Waals surface area (Å²) in [5.41, 5.74) is 2.68. The van der Waals surface area contributed by atoms with Gasteiger partial charge in [-0.15, -0.1) is 0 Å². The van der Waals surface area contributed by atoms with Gasteiger partial charge in [0.25, 0.3) is 5.91 Å². The second-order valence-electron chi connectivity index (χ2n) is 6.24. The van der Waals surface area contributed by atoms with Crippen LogP contribution in [0.3, 0.4) is 0 Å². The van der Waals surface area contributed by atoms with Crippen molar-refractivity contribution in [3.05, 3.63) is 65.7 Å². The Morgan fingerprint density at radius 2 is 1.75 bits per heavy atom. The van der Waals surface area contributed by atoms with Gasteiger partial charge in [-0.3, -0.25) is 4.79 Å². The van der Waals surface area contributed by atoms with E-state index in [1.165, 1.54) is 12.1 Å². The molecule has 1 unspecified atom stereocenters. The van der Waals surface area contributed by atoms with Crippen LogP contribution in [0, 0.1) is 0 Å². The molecule has 0 fully saturated rings. The molecule has 1 aliphatic rings. The second kappa shape index (κ2) is 9.14. The molecule has 0 saturated carbocycles. The minimum Gasteiger partial charge on any atom is -0.497 e. The maximum Gasteiger partial charge on any atom is 0.332 e. The highest BCUT2D eigenvalue weighted by Gasteiger charge is 2.33. The first kappa shape index (κ1) is 19.6. The van der Waals surface area contributed by atoms with Gasteiger partial charge in [-0.1, -0.05) is 42.5 Å². The van der Waals surface area contributed by atoms with E-state index in [0.717, 1.165) is 22.6 Å². The molecule has 7 heteroatoms. The number of methoxy groups -OCH3 is 2. The number of hydrogen-bond donors (Lipinski definition) is 0. The predicted molar refractivity (Wildman–Crippen MR) is 103 cm³/mol. The standard InChI is InChI=1S/C21H22N2O5/c1-26-14-21(25)28-13-20(24)23-19(16-8-10-17(27-2)11-9-16)12-18(22-23)15-6-4-3-5-7-15/h3-11,19H,12-14H2,1-2H3. The lowest BCUT2D eigenvalue weighted by atomic mass is 9.98. The summed E-state index contributed by atoms with van der Waals surface area (Å²) in [7, 11) is 2.99. The van der Waals surface area contributed by atoms with Crippen molar-refractivity contribution in [1.82, 2.24) is 5.01 Å². The van der Waals surface area contributed by atoms with Crippen molar-refractivity contribution < 1.29 is 23.8 Å². The third-order valence-electron chi connectivity index (χ3n) is 4.39. The minimum absolute atomic E-state index is 0.201. The normalized spacial score (nSPS) is 15.9. The largest absolute Gasteiger partial charge is 0.497 e. The molecule has 146 valence electrons. The lowest BCUT2D eigenvalue weighted by Gasteiger charge is -2.22. The molecule has 0 N–H and O–H groups in total. The summed E-state index contributed by atoms with van der Waals surface area (Å²) in [6.45, 7) is -0.589. The highest BCUT2D eigenvalue weighted by atomic mass is 16.6. The molecule has 0 bridgehead atoms. The summed E-state index contributed by atoms with van der Waals surface area (Å²) in [5, 5.41) is 5.92. The van der Waals surface area contributed by atoms with Gasteiger partial charge in [0, 0.05) is 13.5 Å². The van der Waals surface area contributed by atoms with E-state index >= 15 is 0 Å².